The lowest BCUT2D eigenvalue weighted by molar-refractivity contribution is -0.386. The standard InChI is InChI=1S/C15H21NO3/c1-11-8-9-12(2)15(14(11)16(17)18)19-10-13-6-4-3-5-7-13/h8-9,13H,3-7,10H2,1-2H3. The first-order chi connectivity index (χ1) is 9.09. The van der Waals surface area contributed by atoms with Gasteiger partial charge in [-0.1, -0.05) is 31.4 Å². The summed E-state index contributed by atoms with van der Waals surface area (Å²) in [5.74, 6) is 1.00. The number of benzene rings is 1. The van der Waals surface area contributed by atoms with Crippen LogP contribution in [-0.2, 0) is 0 Å². The molecular weight excluding hydrogens is 242 g/mol. The Labute approximate surface area is 113 Å². The zero-order valence-electron chi connectivity index (χ0n) is 11.6. The highest BCUT2D eigenvalue weighted by atomic mass is 16.6. The molecule has 1 saturated carbocycles. The van der Waals surface area contributed by atoms with Crippen LogP contribution in [0.2, 0.25) is 0 Å². The molecule has 1 fully saturated rings. The lowest BCUT2D eigenvalue weighted by atomic mass is 9.90. The first kappa shape index (κ1) is 13.8. The average Bonchev–Trinajstić information content (AvgIpc) is 2.40. The summed E-state index contributed by atoms with van der Waals surface area (Å²) >= 11 is 0. The van der Waals surface area contributed by atoms with E-state index in [1.54, 1.807) is 13.0 Å². The van der Waals surface area contributed by atoms with Gasteiger partial charge in [-0.3, -0.25) is 10.1 Å². The predicted octanol–water partition coefficient (Wildman–Crippen LogP) is 4.17. The molecule has 4 nitrogen and oxygen atoms in total. The van der Waals surface area contributed by atoms with E-state index in [-0.39, 0.29) is 10.6 Å². The van der Waals surface area contributed by atoms with Gasteiger partial charge < -0.3 is 4.74 Å². The molecule has 0 heterocycles. The van der Waals surface area contributed by atoms with Crippen molar-refractivity contribution in [3.63, 3.8) is 0 Å². The fourth-order valence-electron chi connectivity index (χ4n) is 2.73. The van der Waals surface area contributed by atoms with Gasteiger partial charge in [-0.15, -0.1) is 0 Å². The van der Waals surface area contributed by atoms with Crippen LogP contribution in [0.3, 0.4) is 0 Å². The fraction of sp³-hybridized carbons (Fsp3) is 0.600. The molecule has 2 rings (SSSR count). The van der Waals surface area contributed by atoms with E-state index in [9.17, 15) is 10.1 Å². The maximum Gasteiger partial charge on any atom is 0.314 e. The second kappa shape index (κ2) is 6.04. The van der Waals surface area contributed by atoms with E-state index in [0.717, 1.165) is 5.56 Å². The van der Waals surface area contributed by atoms with Crippen LogP contribution in [0.1, 0.15) is 43.2 Å². The summed E-state index contributed by atoms with van der Waals surface area (Å²) < 4.78 is 5.81. The van der Waals surface area contributed by atoms with Crippen LogP contribution in [0.5, 0.6) is 5.75 Å². The minimum atomic E-state index is -0.335. The van der Waals surface area contributed by atoms with Gasteiger partial charge in [0.15, 0.2) is 5.75 Å². The van der Waals surface area contributed by atoms with E-state index < -0.39 is 0 Å². The molecule has 0 radical (unpaired) electrons. The van der Waals surface area contributed by atoms with Gasteiger partial charge in [0.1, 0.15) is 0 Å². The van der Waals surface area contributed by atoms with Crippen LogP contribution in [-0.4, -0.2) is 11.5 Å². The first-order valence-electron chi connectivity index (χ1n) is 6.97. The number of hydrogen-bond donors (Lipinski definition) is 0. The third-order valence-corrected chi connectivity index (χ3v) is 3.90. The Hall–Kier alpha value is -1.58. The first-order valence-corrected chi connectivity index (χ1v) is 6.97. The molecule has 1 aromatic rings. The fourth-order valence-corrected chi connectivity index (χ4v) is 2.73. The average molecular weight is 263 g/mol. The molecule has 0 unspecified atom stereocenters. The van der Waals surface area contributed by atoms with Crippen LogP contribution in [0.25, 0.3) is 0 Å². The summed E-state index contributed by atoms with van der Waals surface area (Å²) in [5.41, 5.74) is 1.62. The summed E-state index contributed by atoms with van der Waals surface area (Å²) in [6, 6.07) is 3.67. The number of hydrogen-bond acceptors (Lipinski definition) is 3. The predicted molar refractivity (Wildman–Crippen MR) is 74.6 cm³/mol. The van der Waals surface area contributed by atoms with Gasteiger partial charge in [0.2, 0.25) is 0 Å². The summed E-state index contributed by atoms with van der Waals surface area (Å²) in [6.07, 6.45) is 6.17. The third kappa shape index (κ3) is 3.25. The maximum absolute atomic E-state index is 11.2. The highest BCUT2D eigenvalue weighted by Gasteiger charge is 2.22. The summed E-state index contributed by atoms with van der Waals surface area (Å²) in [4.78, 5) is 10.8. The maximum atomic E-state index is 11.2. The molecule has 0 amide bonds. The molecule has 0 N–H and O–H groups in total. The number of nitro groups is 1. The second-order valence-electron chi connectivity index (χ2n) is 5.45. The van der Waals surface area contributed by atoms with Gasteiger partial charge in [0, 0.05) is 5.56 Å². The van der Waals surface area contributed by atoms with Crippen molar-refractivity contribution in [1.29, 1.82) is 0 Å². The van der Waals surface area contributed by atoms with E-state index in [1.807, 2.05) is 13.0 Å². The Kier molecular flexibility index (Phi) is 4.40. The van der Waals surface area contributed by atoms with Gasteiger partial charge in [-0.25, -0.2) is 0 Å². The number of rotatable bonds is 4. The van der Waals surface area contributed by atoms with E-state index in [4.69, 9.17) is 4.74 Å². The number of nitrogens with zero attached hydrogens (tertiary/aromatic N) is 1. The van der Waals surface area contributed by atoms with E-state index >= 15 is 0 Å². The van der Waals surface area contributed by atoms with E-state index in [2.05, 4.69) is 0 Å². The Bertz CT molecular complexity index is 465. The highest BCUT2D eigenvalue weighted by Crippen LogP contribution is 2.35. The van der Waals surface area contributed by atoms with Gasteiger partial charge in [-0.05, 0) is 38.2 Å². The van der Waals surface area contributed by atoms with Crippen LogP contribution in [0.4, 0.5) is 5.69 Å². The van der Waals surface area contributed by atoms with E-state index in [1.165, 1.54) is 32.1 Å². The molecule has 0 bridgehead atoms. The third-order valence-electron chi connectivity index (χ3n) is 3.90. The number of aryl methyl sites for hydroxylation is 2. The topological polar surface area (TPSA) is 52.4 Å². The van der Waals surface area contributed by atoms with Crippen LogP contribution in [0, 0.1) is 29.9 Å². The Morgan fingerprint density at radius 1 is 1.21 bits per heavy atom. The lowest BCUT2D eigenvalue weighted by Crippen LogP contribution is -2.16. The molecule has 0 aromatic heterocycles. The number of nitro benzene ring substituents is 1. The summed E-state index contributed by atoms with van der Waals surface area (Å²) in [5, 5.41) is 11.2. The molecule has 4 heteroatoms. The second-order valence-corrected chi connectivity index (χ2v) is 5.45. The Morgan fingerprint density at radius 3 is 2.47 bits per heavy atom. The molecule has 0 atom stereocenters. The van der Waals surface area contributed by atoms with Crippen LogP contribution < -0.4 is 4.74 Å². The minimum Gasteiger partial charge on any atom is -0.486 e. The molecule has 19 heavy (non-hydrogen) atoms. The Morgan fingerprint density at radius 2 is 1.84 bits per heavy atom. The normalized spacial score (nSPS) is 16.3. The number of ether oxygens (including phenoxy) is 1. The largest absolute Gasteiger partial charge is 0.486 e. The van der Waals surface area contributed by atoms with Crippen LogP contribution >= 0.6 is 0 Å². The Balaban J connectivity index is 2.14. The minimum absolute atomic E-state index is 0.121. The molecule has 1 aliphatic carbocycles. The molecule has 0 spiro atoms. The summed E-state index contributed by atoms with van der Waals surface area (Å²) in [6.45, 7) is 4.22. The molecule has 104 valence electrons. The van der Waals surface area contributed by atoms with Crippen molar-refractivity contribution in [1.82, 2.24) is 0 Å². The van der Waals surface area contributed by atoms with Crippen molar-refractivity contribution < 1.29 is 9.66 Å². The lowest BCUT2D eigenvalue weighted by Gasteiger charge is -2.22. The molecule has 1 aliphatic rings. The molecule has 1 aromatic carbocycles. The van der Waals surface area contributed by atoms with Crippen molar-refractivity contribution in [2.75, 3.05) is 6.61 Å². The molecule has 0 saturated heterocycles. The molecular formula is C15H21NO3. The zero-order valence-corrected chi connectivity index (χ0v) is 11.6. The van der Waals surface area contributed by atoms with Crippen molar-refractivity contribution in [2.45, 2.75) is 46.0 Å². The zero-order chi connectivity index (χ0) is 13.8. The monoisotopic (exact) mass is 263 g/mol. The van der Waals surface area contributed by atoms with Gasteiger partial charge in [0.25, 0.3) is 0 Å². The summed E-state index contributed by atoms with van der Waals surface area (Å²) in [7, 11) is 0. The SMILES string of the molecule is Cc1ccc(C)c([N+](=O)[O-])c1OCC1CCCCC1. The van der Waals surface area contributed by atoms with Gasteiger partial charge in [-0.2, -0.15) is 0 Å². The van der Waals surface area contributed by atoms with Crippen molar-refractivity contribution in [2.24, 2.45) is 5.92 Å². The van der Waals surface area contributed by atoms with Crippen molar-refractivity contribution in [3.8, 4) is 5.75 Å². The van der Waals surface area contributed by atoms with Crippen molar-refractivity contribution in [3.05, 3.63) is 33.4 Å². The van der Waals surface area contributed by atoms with Gasteiger partial charge >= 0.3 is 5.69 Å². The highest BCUT2D eigenvalue weighted by molar-refractivity contribution is 5.56. The molecule has 0 aliphatic heterocycles. The quantitative estimate of drug-likeness (QED) is 0.605. The smallest absolute Gasteiger partial charge is 0.314 e. The van der Waals surface area contributed by atoms with E-state index in [0.29, 0.717) is 23.8 Å². The van der Waals surface area contributed by atoms with Gasteiger partial charge in [0.05, 0.1) is 11.5 Å². The van der Waals surface area contributed by atoms with Crippen molar-refractivity contribution >= 4 is 5.69 Å². The van der Waals surface area contributed by atoms with Crippen LogP contribution in [0.15, 0.2) is 12.1 Å².